The van der Waals surface area contributed by atoms with Gasteiger partial charge in [0.25, 0.3) is 5.84 Å². The van der Waals surface area contributed by atoms with E-state index in [1.165, 1.54) is 38.9 Å². The van der Waals surface area contributed by atoms with Crippen molar-refractivity contribution in [3.05, 3.63) is 97.1 Å². The Hall–Kier alpha value is -4.44. The lowest BCUT2D eigenvalue weighted by Gasteiger charge is -2.03. The molecule has 4 aromatic carbocycles. The average molecular weight is 415 g/mol. The van der Waals surface area contributed by atoms with E-state index in [4.69, 9.17) is 10.8 Å². The first-order valence-corrected chi connectivity index (χ1v) is 10.6. The number of nitrogens with two attached hydrogens (primary N) is 2. The van der Waals surface area contributed by atoms with Crippen LogP contribution in [0.15, 0.2) is 97.1 Å². The molecule has 2 heterocycles. The fourth-order valence-electron chi connectivity index (χ4n) is 4.69. The smallest absolute Gasteiger partial charge is 0.278 e. The molecule has 0 amide bonds. The highest BCUT2D eigenvalue weighted by molar-refractivity contribution is 6.16. The lowest BCUT2D eigenvalue weighted by atomic mass is 10.0. The van der Waals surface area contributed by atoms with Crippen molar-refractivity contribution in [1.29, 1.82) is 0 Å². The maximum absolute atomic E-state index is 6.42. The summed E-state index contributed by atoms with van der Waals surface area (Å²) in [6.07, 6.45) is 5.06. The third kappa shape index (κ3) is 2.70. The van der Waals surface area contributed by atoms with Crippen LogP contribution in [0.5, 0.6) is 0 Å². The van der Waals surface area contributed by atoms with Crippen molar-refractivity contribution in [1.82, 2.24) is 9.55 Å². The molecule has 0 saturated carbocycles. The number of hydrogen-bond acceptors (Lipinski definition) is 0. The molecule has 6 aromatic rings. The van der Waals surface area contributed by atoms with Crippen molar-refractivity contribution in [2.24, 2.45) is 0 Å². The molecule has 0 radical (unpaired) electrons. The van der Waals surface area contributed by atoms with Gasteiger partial charge < -0.3 is 4.98 Å². The monoisotopic (exact) mass is 414 g/mol. The van der Waals surface area contributed by atoms with Crippen molar-refractivity contribution in [3.63, 3.8) is 0 Å². The minimum Gasteiger partial charge on any atom is -0.355 e. The van der Waals surface area contributed by atoms with Crippen molar-refractivity contribution in [3.8, 4) is 11.1 Å². The van der Waals surface area contributed by atoms with E-state index in [0.29, 0.717) is 5.84 Å². The second-order valence-electron chi connectivity index (χ2n) is 7.99. The molecular weight excluding hydrogens is 392 g/mol. The second-order valence-corrected chi connectivity index (χ2v) is 7.99. The Kier molecular flexibility index (Phi) is 4.05. The van der Waals surface area contributed by atoms with E-state index in [0.717, 1.165) is 22.1 Å². The Morgan fingerprint density at radius 3 is 2.19 bits per heavy atom. The number of aromatic amines is 1. The number of para-hydroxylation sites is 2. The van der Waals surface area contributed by atoms with E-state index < -0.39 is 0 Å². The number of rotatable bonds is 3. The molecular formula is C28H22N4+2. The number of benzene rings is 4. The second kappa shape index (κ2) is 7.06. The zero-order valence-electron chi connectivity index (χ0n) is 17.4. The van der Waals surface area contributed by atoms with Gasteiger partial charge in [-0.3, -0.25) is 10.8 Å². The molecule has 32 heavy (non-hydrogen) atoms. The first-order valence-electron chi connectivity index (χ1n) is 10.6. The molecule has 0 bridgehead atoms. The van der Waals surface area contributed by atoms with E-state index >= 15 is 0 Å². The molecule has 0 atom stereocenters. The highest BCUT2D eigenvalue weighted by Gasteiger charge is 2.19. The quantitative estimate of drug-likeness (QED) is 0.293. The Labute approximate surface area is 184 Å². The van der Waals surface area contributed by atoms with Crippen molar-refractivity contribution < 1.29 is 10.8 Å². The largest absolute Gasteiger partial charge is 0.355 e. The molecule has 6 rings (SSSR count). The van der Waals surface area contributed by atoms with Gasteiger partial charge in [0, 0.05) is 44.7 Å². The molecule has 0 aliphatic carbocycles. The molecule has 0 fully saturated rings. The third-order valence-electron chi connectivity index (χ3n) is 6.15. The Balaban J connectivity index is 1.58. The summed E-state index contributed by atoms with van der Waals surface area (Å²) in [5.74, 6) is 0.630. The first-order chi connectivity index (χ1) is 15.7. The summed E-state index contributed by atoms with van der Waals surface area (Å²) in [6, 6.07) is 30.0. The number of aromatic nitrogens is 2. The van der Waals surface area contributed by atoms with Crippen LogP contribution in [0, 0.1) is 0 Å². The van der Waals surface area contributed by atoms with Crippen LogP contribution in [0.4, 0.5) is 0 Å². The predicted octanol–water partition coefficient (Wildman–Crippen LogP) is 3.49. The standard InChI is InChI=1S/C28H20N4/c29-15-5-10-28(30)32-26-9-4-2-7-21(26)23-17-19(12-14-27(23)32)18-11-13-25-22(16-18)20-6-1-3-8-24(20)31-25/h1-17,29-31H/p+2/b10-5-,29-15?,30-28?. The van der Waals surface area contributed by atoms with Gasteiger partial charge in [-0.05, 0) is 53.6 Å². The van der Waals surface area contributed by atoms with Crippen LogP contribution in [-0.4, -0.2) is 21.6 Å². The Morgan fingerprint density at radius 2 is 1.34 bits per heavy atom. The molecule has 4 nitrogen and oxygen atoms in total. The van der Waals surface area contributed by atoms with E-state index in [2.05, 4.69) is 88.4 Å². The van der Waals surface area contributed by atoms with Crippen LogP contribution in [-0.2, 0) is 0 Å². The number of nitrogens with zero attached hydrogens (tertiary/aromatic N) is 1. The van der Waals surface area contributed by atoms with Crippen molar-refractivity contribution >= 4 is 55.7 Å². The summed E-state index contributed by atoms with van der Waals surface area (Å²) < 4.78 is 2.08. The molecule has 152 valence electrons. The summed E-state index contributed by atoms with van der Waals surface area (Å²) in [5, 5.41) is 16.8. The zero-order chi connectivity index (χ0) is 21.7. The topological polar surface area (TPSA) is 71.9 Å². The summed E-state index contributed by atoms with van der Waals surface area (Å²) >= 11 is 0. The number of hydrogen-bond donors (Lipinski definition) is 3. The van der Waals surface area contributed by atoms with Crippen molar-refractivity contribution in [2.75, 3.05) is 0 Å². The molecule has 5 N–H and O–H groups in total. The Bertz CT molecular complexity index is 1710. The van der Waals surface area contributed by atoms with Crippen LogP contribution in [0.2, 0.25) is 0 Å². The first kappa shape index (κ1) is 18.3. The van der Waals surface area contributed by atoms with Gasteiger partial charge in [0.1, 0.15) is 11.0 Å². The van der Waals surface area contributed by atoms with Gasteiger partial charge in [-0.1, -0.05) is 42.5 Å². The van der Waals surface area contributed by atoms with Gasteiger partial charge in [0.2, 0.25) is 0 Å². The fraction of sp³-hybridized carbons (Fsp3) is 0. The van der Waals surface area contributed by atoms with Gasteiger partial charge in [-0.15, -0.1) is 0 Å². The Morgan fingerprint density at radius 1 is 0.688 bits per heavy atom. The van der Waals surface area contributed by atoms with E-state index in [1.807, 2.05) is 12.1 Å². The summed E-state index contributed by atoms with van der Waals surface area (Å²) in [5.41, 5.74) is 6.83. The molecule has 0 aliphatic heterocycles. The minimum absolute atomic E-state index is 0.630. The van der Waals surface area contributed by atoms with Gasteiger partial charge in [0.15, 0.2) is 6.21 Å². The number of nitrogens with one attached hydrogen (secondary N) is 1. The van der Waals surface area contributed by atoms with Gasteiger partial charge in [-0.25, -0.2) is 0 Å². The maximum Gasteiger partial charge on any atom is 0.278 e. The third-order valence-corrected chi connectivity index (χ3v) is 6.15. The van der Waals surface area contributed by atoms with Crippen LogP contribution in [0.1, 0.15) is 0 Å². The summed E-state index contributed by atoms with van der Waals surface area (Å²) in [7, 11) is 0. The average Bonchev–Trinajstić information content (AvgIpc) is 3.37. The maximum atomic E-state index is 6.42. The zero-order valence-corrected chi connectivity index (χ0v) is 17.4. The van der Waals surface area contributed by atoms with Gasteiger partial charge in [-0.2, -0.15) is 4.57 Å². The van der Waals surface area contributed by atoms with Gasteiger partial charge in [0.05, 0.1) is 0 Å². The molecule has 0 aliphatic rings. The number of H-pyrrole nitrogens is 1. The SMILES string of the molecule is [NH2+]=C/C=C\C(=[NH2+])n1c2ccccc2c2cc(-c3ccc4[nH]c5ccccc5c4c3)ccc21. The lowest BCUT2D eigenvalue weighted by molar-refractivity contribution is -0.116. The molecule has 0 unspecified atom stereocenters. The molecule has 2 aromatic heterocycles. The van der Waals surface area contributed by atoms with Crippen LogP contribution in [0.25, 0.3) is 54.7 Å². The van der Waals surface area contributed by atoms with E-state index in [-0.39, 0.29) is 0 Å². The van der Waals surface area contributed by atoms with Crippen LogP contribution in [0.3, 0.4) is 0 Å². The van der Waals surface area contributed by atoms with Crippen LogP contribution >= 0.6 is 0 Å². The summed E-state index contributed by atoms with van der Waals surface area (Å²) in [6.45, 7) is 0. The van der Waals surface area contributed by atoms with Gasteiger partial charge >= 0.3 is 0 Å². The highest BCUT2D eigenvalue weighted by atomic mass is 15.0. The normalized spacial score (nSPS) is 11.9. The number of allylic oxidation sites excluding steroid dienone is 2. The van der Waals surface area contributed by atoms with Crippen LogP contribution < -0.4 is 10.8 Å². The lowest BCUT2D eigenvalue weighted by Crippen LogP contribution is -2.43. The summed E-state index contributed by atoms with van der Waals surface area (Å²) in [4.78, 5) is 3.51. The number of fused-ring (bicyclic) bond motifs is 6. The predicted molar refractivity (Wildman–Crippen MR) is 134 cm³/mol. The fourth-order valence-corrected chi connectivity index (χ4v) is 4.69. The molecule has 0 saturated heterocycles. The highest BCUT2D eigenvalue weighted by Crippen LogP contribution is 2.34. The van der Waals surface area contributed by atoms with Crippen molar-refractivity contribution in [2.45, 2.75) is 0 Å². The van der Waals surface area contributed by atoms with E-state index in [1.54, 1.807) is 6.08 Å². The molecule has 4 heteroatoms. The van der Waals surface area contributed by atoms with E-state index in [9.17, 15) is 0 Å². The minimum atomic E-state index is 0.630. The molecule has 0 spiro atoms.